The van der Waals surface area contributed by atoms with Crippen LogP contribution in [0.15, 0.2) is 24.3 Å². The summed E-state index contributed by atoms with van der Waals surface area (Å²) < 4.78 is 10.4. The molecule has 5 heteroatoms. The van der Waals surface area contributed by atoms with E-state index in [9.17, 15) is 9.59 Å². The van der Waals surface area contributed by atoms with Crippen molar-refractivity contribution in [2.45, 2.75) is 116 Å². The molecule has 0 radical (unpaired) electrons. The zero-order valence-electron chi connectivity index (χ0n) is 20.8. The predicted octanol–water partition coefficient (Wildman–Crippen LogP) is 8.23. The highest BCUT2D eigenvalue weighted by molar-refractivity contribution is 6.30. The lowest BCUT2D eigenvalue weighted by atomic mass is 10.0. The molecule has 0 aromatic heterocycles. The van der Waals surface area contributed by atoms with Crippen molar-refractivity contribution in [3.05, 3.63) is 34.9 Å². The van der Waals surface area contributed by atoms with Crippen LogP contribution in [0.4, 0.5) is 0 Å². The van der Waals surface area contributed by atoms with Crippen molar-refractivity contribution in [2.75, 3.05) is 13.2 Å². The van der Waals surface area contributed by atoms with Gasteiger partial charge in [0.15, 0.2) is 0 Å². The lowest BCUT2D eigenvalue weighted by Gasteiger charge is -2.06. The van der Waals surface area contributed by atoms with E-state index in [0.29, 0.717) is 24.7 Å². The molecule has 1 aromatic rings. The van der Waals surface area contributed by atoms with E-state index < -0.39 is 0 Å². The van der Waals surface area contributed by atoms with E-state index in [2.05, 4.69) is 6.92 Å². The van der Waals surface area contributed by atoms with Crippen LogP contribution in [0.25, 0.3) is 0 Å². The molecule has 0 fully saturated rings. The Balaban J connectivity index is 1.83. The Bertz CT molecular complexity index is 615. The minimum Gasteiger partial charge on any atom is -0.466 e. The molecular formula is C28H45ClO4. The molecule has 1 aromatic carbocycles. The average molecular weight is 481 g/mol. The standard InChI is InChI=1S/C28H45ClO4/c1-2-3-4-5-6-7-8-9-10-11-12-13-14-15-23-32-27(30)20-21-28(31)33-24-22-25-16-18-26(29)19-17-25/h16-19H,2-15,20-24H2,1H3. The molecule has 0 atom stereocenters. The minimum atomic E-state index is -0.364. The van der Waals surface area contributed by atoms with Crippen molar-refractivity contribution in [2.24, 2.45) is 0 Å². The number of carbonyl (C=O) groups excluding carboxylic acids is 2. The maximum Gasteiger partial charge on any atom is 0.306 e. The van der Waals surface area contributed by atoms with Gasteiger partial charge in [0.1, 0.15) is 0 Å². The van der Waals surface area contributed by atoms with Gasteiger partial charge in [-0.3, -0.25) is 9.59 Å². The van der Waals surface area contributed by atoms with Gasteiger partial charge in [-0.1, -0.05) is 114 Å². The maximum absolute atomic E-state index is 11.8. The van der Waals surface area contributed by atoms with Crippen LogP contribution in [0.3, 0.4) is 0 Å². The highest BCUT2D eigenvalue weighted by Crippen LogP contribution is 2.13. The average Bonchev–Trinajstić information content (AvgIpc) is 2.81. The van der Waals surface area contributed by atoms with Crippen LogP contribution in [0, 0.1) is 0 Å². The topological polar surface area (TPSA) is 52.6 Å². The normalized spacial score (nSPS) is 10.8. The molecule has 0 aliphatic carbocycles. The molecule has 0 bridgehead atoms. The summed E-state index contributed by atoms with van der Waals surface area (Å²) in [5, 5.41) is 0.684. The second-order valence-electron chi connectivity index (χ2n) is 8.91. The van der Waals surface area contributed by atoms with Crippen LogP contribution in [-0.4, -0.2) is 25.2 Å². The Hall–Kier alpha value is -1.55. The van der Waals surface area contributed by atoms with Crippen molar-refractivity contribution in [1.82, 2.24) is 0 Å². The van der Waals surface area contributed by atoms with E-state index in [-0.39, 0.29) is 24.8 Å². The number of esters is 2. The van der Waals surface area contributed by atoms with Gasteiger partial charge in [-0.05, 0) is 24.1 Å². The van der Waals surface area contributed by atoms with Crippen LogP contribution in [0.1, 0.15) is 115 Å². The Kier molecular flexibility index (Phi) is 18.8. The minimum absolute atomic E-state index is 0.0676. The molecule has 188 valence electrons. The summed E-state index contributed by atoms with van der Waals surface area (Å²) in [6, 6.07) is 7.44. The first-order valence-electron chi connectivity index (χ1n) is 13.2. The molecule has 0 aliphatic heterocycles. The van der Waals surface area contributed by atoms with E-state index in [4.69, 9.17) is 21.1 Å². The molecule has 0 saturated carbocycles. The molecular weight excluding hydrogens is 436 g/mol. The molecule has 0 N–H and O–H groups in total. The molecule has 0 heterocycles. The van der Waals surface area contributed by atoms with Crippen molar-refractivity contribution >= 4 is 23.5 Å². The van der Waals surface area contributed by atoms with Crippen LogP contribution >= 0.6 is 11.6 Å². The lowest BCUT2D eigenvalue weighted by Crippen LogP contribution is -2.12. The predicted molar refractivity (Wildman–Crippen MR) is 137 cm³/mol. The number of benzene rings is 1. The third-order valence-corrected chi connectivity index (χ3v) is 6.11. The molecule has 0 saturated heterocycles. The number of hydrogen-bond acceptors (Lipinski definition) is 4. The van der Waals surface area contributed by atoms with Gasteiger partial charge in [0, 0.05) is 11.4 Å². The zero-order valence-corrected chi connectivity index (χ0v) is 21.5. The first kappa shape index (κ1) is 29.5. The van der Waals surface area contributed by atoms with Crippen molar-refractivity contribution in [1.29, 1.82) is 0 Å². The SMILES string of the molecule is CCCCCCCCCCCCCCCCOC(=O)CCC(=O)OCCc1ccc(Cl)cc1. The number of hydrogen-bond donors (Lipinski definition) is 0. The van der Waals surface area contributed by atoms with Gasteiger partial charge >= 0.3 is 11.9 Å². The Morgan fingerprint density at radius 2 is 1.06 bits per heavy atom. The molecule has 1 rings (SSSR count). The van der Waals surface area contributed by atoms with Gasteiger partial charge in [-0.2, -0.15) is 0 Å². The molecule has 0 aliphatic rings. The van der Waals surface area contributed by atoms with E-state index in [1.165, 1.54) is 77.0 Å². The number of ether oxygens (including phenoxy) is 2. The summed E-state index contributed by atoms with van der Waals surface area (Å²) in [7, 11) is 0. The highest BCUT2D eigenvalue weighted by Gasteiger charge is 2.09. The highest BCUT2D eigenvalue weighted by atomic mass is 35.5. The first-order chi connectivity index (χ1) is 16.1. The summed E-state index contributed by atoms with van der Waals surface area (Å²) in [4.78, 5) is 23.5. The summed E-state index contributed by atoms with van der Waals surface area (Å²) >= 11 is 5.85. The van der Waals surface area contributed by atoms with E-state index in [0.717, 1.165) is 18.4 Å². The van der Waals surface area contributed by atoms with Crippen molar-refractivity contribution in [3.8, 4) is 0 Å². The maximum atomic E-state index is 11.8. The largest absolute Gasteiger partial charge is 0.466 e. The van der Waals surface area contributed by atoms with Gasteiger partial charge in [-0.25, -0.2) is 0 Å². The van der Waals surface area contributed by atoms with Crippen LogP contribution in [0.2, 0.25) is 5.02 Å². The van der Waals surface area contributed by atoms with E-state index in [1.807, 2.05) is 24.3 Å². The second-order valence-corrected chi connectivity index (χ2v) is 9.35. The lowest BCUT2D eigenvalue weighted by molar-refractivity contribution is -0.150. The van der Waals surface area contributed by atoms with Gasteiger partial charge in [-0.15, -0.1) is 0 Å². The van der Waals surface area contributed by atoms with Gasteiger partial charge < -0.3 is 9.47 Å². The Morgan fingerprint density at radius 3 is 1.55 bits per heavy atom. The molecule has 0 unspecified atom stereocenters. The second kappa shape index (κ2) is 21.0. The zero-order chi connectivity index (χ0) is 24.0. The fourth-order valence-corrected chi connectivity index (χ4v) is 3.89. The Morgan fingerprint density at radius 1 is 0.636 bits per heavy atom. The van der Waals surface area contributed by atoms with Crippen LogP contribution in [0.5, 0.6) is 0 Å². The van der Waals surface area contributed by atoms with Gasteiger partial charge in [0.2, 0.25) is 0 Å². The fraction of sp³-hybridized carbons (Fsp3) is 0.714. The fourth-order valence-electron chi connectivity index (χ4n) is 3.76. The first-order valence-corrected chi connectivity index (χ1v) is 13.5. The smallest absolute Gasteiger partial charge is 0.306 e. The number of rotatable bonds is 21. The molecule has 0 spiro atoms. The van der Waals surface area contributed by atoms with Crippen LogP contribution < -0.4 is 0 Å². The van der Waals surface area contributed by atoms with Crippen molar-refractivity contribution in [3.63, 3.8) is 0 Å². The van der Waals surface area contributed by atoms with E-state index >= 15 is 0 Å². The van der Waals surface area contributed by atoms with Gasteiger partial charge in [0.05, 0.1) is 26.1 Å². The third kappa shape index (κ3) is 18.6. The summed E-state index contributed by atoms with van der Waals surface area (Å²) in [5.74, 6) is -0.684. The summed E-state index contributed by atoms with van der Waals surface area (Å²) in [6.07, 6.45) is 19.0. The monoisotopic (exact) mass is 480 g/mol. The van der Waals surface area contributed by atoms with E-state index in [1.54, 1.807) is 0 Å². The number of unbranched alkanes of at least 4 members (excludes halogenated alkanes) is 13. The number of halogens is 1. The summed E-state index contributed by atoms with van der Waals surface area (Å²) in [6.45, 7) is 3.01. The number of carbonyl (C=O) groups is 2. The van der Waals surface area contributed by atoms with Gasteiger partial charge in [0.25, 0.3) is 0 Å². The quantitative estimate of drug-likeness (QED) is 0.131. The Labute approximate surface area is 206 Å². The third-order valence-electron chi connectivity index (χ3n) is 5.86. The molecule has 4 nitrogen and oxygen atoms in total. The van der Waals surface area contributed by atoms with Crippen molar-refractivity contribution < 1.29 is 19.1 Å². The van der Waals surface area contributed by atoms with Crippen LogP contribution in [-0.2, 0) is 25.5 Å². The summed E-state index contributed by atoms with van der Waals surface area (Å²) in [5.41, 5.74) is 1.06. The molecule has 33 heavy (non-hydrogen) atoms. The molecule has 0 amide bonds.